The van der Waals surface area contributed by atoms with Gasteiger partial charge in [0.1, 0.15) is 0 Å². The third-order valence-corrected chi connectivity index (χ3v) is 5.25. The monoisotopic (exact) mass is 395 g/mol. The van der Waals surface area contributed by atoms with Crippen molar-refractivity contribution in [3.8, 4) is 0 Å². The van der Waals surface area contributed by atoms with Crippen LogP contribution in [0.5, 0.6) is 0 Å². The number of benzene rings is 2. The molecule has 2 aromatic carbocycles. The maximum Gasteiger partial charge on any atom is 0.276 e. The van der Waals surface area contributed by atoms with Crippen LogP contribution in [-0.4, -0.2) is 32.9 Å². The molecule has 1 saturated heterocycles. The lowest BCUT2D eigenvalue weighted by atomic mass is 10.1. The first-order valence-electron chi connectivity index (χ1n) is 8.27. The summed E-state index contributed by atoms with van der Waals surface area (Å²) < 4.78 is 0. The number of nitrogens with zero attached hydrogens (tertiary/aromatic N) is 4. The highest BCUT2D eigenvalue weighted by Gasteiger charge is 2.36. The van der Waals surface area contributed by atoms with E-state index in [9.17, 15) is 19.7 Å². The van der Waals surface area contributed by atoms with Crippen LogP contribution >= 0.6 is 11.8 Å². The third kappa shape index (κ3) is 3.03. The highest BCUT2D eigenvalue weighted by molar-refractivity contribution is 8.16. The second-order valence-electron chi connectivity index (χ2n) is 6.04. The van der Waals surface area contributed by atoms with Crippen molar-refractivity contribution in [2.24, 2.45) is 10.2 Å². The maximum atomic E-state index is 12.5. The van der Waals surface area contributed by atoms with Crippen LogP contribution in [0, 0.1) is 10.1 Å². The predicted octanol–water partition coefficient (Wildman–Crippen LogP) is 2.78. The number of thioether (sulfide) groups is 1. The molecule has 4 rings (SSSR count). The maximum absolute atomic E-state index is 12.5. The van der Waals surface area contributed by atoms with E-state index in [1.807, 2.05) is 6.07 Å². The summed E-state index contributed by atoms with van der Waals surface area (Å²) in [6.45, 7) is 1.76. The molecule has 0 aliphatic carbocycles. The number of para-hydroxylation sites is 1. The zero-order chi connectivity index (χ0) is 19.8. The van der Waals surface area contributed by atoms with Crippen LogP contribution in [0.15, 0.2) is 58.7 Å². The van der Waals surface area contributed by atoms with E-state index in [1.54, 1.807) is 31.2 Å². The van der Waals surface area contributed by atoms with E-state index in [1.165, 1.54) is 34.9 Å². The van der Waals surface area contributed by atoms with Crippen LogP contribution in [0.25, 0.3) is 0 Å². The minimum absolute atomic E-state index is 0.0354. The van der Waals surface area contributed by atoms with E-state index in [-0.39, 0.29) is 22.6 Å². The summed E-state index contributed by atoms with van der Waals surface area (Å²) in [6, 6.07) is 13.0. The molecule has 2 aromatic rings. The van der Waals surface area contributed by atoms with Crippen LogP contribution in [0.3, 0.4) is 0 Å². The summed E-state index contributed by atoms with van der Waals surface area (Å²) in [5.41, 5.74) is 1.19. The number of fused-ring (bicyclic) bond motifs is 1. The van der Waals surface area contributed by atoms with Gasteiger partial charge in [-0.25, -0.2) is 0 Å². The van der Waals surface area contributed by atoms with Gasteiger partial charge in [-0.05, 0) is 25.1 Å². The first-order chi connectivity index (χ1) is 13.5. The molecule has 2 aliphatic heterocycles. The van der Waals surface area contributed by atoms with Crippen molar-refractivity contribution in [2.45, 2.75) is 12.2 Å². The minimum atomic E-state index is -0.545. The molecule has 0 spiro atoms. The SMILES string of the molecule is CC1S/C(=N/N=C2C(=O)Nc3ccc([N+](=O)[O-])cc32)N(c2ccccc2)C1=O. The van der Waals surface area contributed by atoms with E-state index >= 15 is 0 Å². The minimum Gasteiger partial charge on any atom is -0.320 e. The molecule has 2 heterocycles. The number of carbonyl (C=O) groups is 2. The van der Waals surface area contributed by atoms with Crippen molar-refractivity contribution in [2.75, 3.05) is 10.2 Å². The Labute approximate surface area is 163 Å². The Morgan fingerprint density at radius 2 is 1.89 bits per heavy atom. The van der Waals surface area contributed by atoms with Crippen molar-refractivity contribution in [3.63, 3.8) is 0 Å². The molecule has 0 radical (unpaired) electrons. The number of carbonyl (C=O) groups excluding carboxylic acids is 2. The lowest BCUT2D eigenvalue weighted by Crippen LogP contribution is -2.31. The Balaban J connectivity index is 1.74. The number of amides is 2. The van der Waals surface area contributed by atoms with Gasteiger partial charge in [0.2, 0.25) is 5.91 Å². The van der Waals surface area contributed by atoms with Crippen LogP contribution in [0.1, 0.15) is 12.5 Å². The number of nitro benzene ring substituents is 1. The number of amidine groups is 1. The molecule has 1 atom stereocenters. The third-order valence-electron chi connectivity index (χ3n) is 4.22. The lowest BCUT2D eigenvalue weighted by Gasteiger charge is -2.15. The van der Waals surface area contributed by atoms with Crippen LogP contribution < -0.4 is 10.2 Å². The van der Waals surface area contributed by atoms with Gasteiger partial charge in [0.05, 0.1) is 21.5 Å². The molecule has 1 N–H and O–H groups in total. The fourth-order valence-electron chi connectivity index (χ4n) is 2.87. The number of non-ortho nitro benzene ring substituents is 1. The van der Waals surface area contributed by atoms with Gasteiger partial charge < -0.3 is 5.32 Å². The number of nitro groups is 1. The second kappa shape index (κ2) is 6.89. The molecule has 0 aromatic heterocycles. The van der Waals surface area contributed by atoms with Gasteiger partial charge in [-0.3, -0.25) is 24.6 Å². The molecule has 28 heavy (non-hydrogen) atoms. The highest BCUT2D eigenvalue weighted by Crippen LogP contribution is 2.32. The van der Waals surface area contributed by atoms with Crippen molar-refractivity contribution in [3.05, 3.63) is 64.2 Å². The van der Waals surface area contributed by atoms with Gasteiger partial charge in [0, 0.05) is 17.7 Å². The van der Waals surface area contributed by atoms with Gasteiger partial charge in [-0.15, -0.1) is 10.2 Å². The molecular weight excluding hydrogens is 382 g/mol. The summed E-state index contributed by atoms with van der Waals surface area (Å²) in [5, 5.41) is 21.8. The normalized spacial score (nSPS) is 21.3. The largest absolute Gasteiger partial charge is 0.320 e. The predicted molar refractivity (Wildman–Crippen MR) is 107 cm³/mol. The molecule has 9 nitrogen and oxygen atoms in total. The van der Waals surface area contributed by atoms with Crippen LogP contribution in [0.2, 0.25) is 0 Å². The number of anilines is 2. The molecule has 1 unspecified atom stereocenters. The van der Waals surface area contributed by atoms with Crippen LogP contribution in [-0.2, 0) is 9.59 Å². The quantitative estimate of drug-likeness (QED) is 0.633. The van der Waals surface area contributed by atoms with E-state index < -0.39 is 10.8 Å². The number of hydrogen-bond donors (Lipinski definition) is 1. The lowest BCUT2D eigenvalue weighted by molar-refractivity contribution is -0.384. The molecule has 2 amide bonds. The zero-order valence-electron chi connectivity index (χ0n) is 14.5. The Bertz CT molecular complexity index is 1070. The van der Waals surface area contributed by atoms with E-state index in [0.717, 1.165) is 0 Å². The second-order valence-corrected chi connectivity index (χ2v) is 7.35. The Hall–Kier alpha value is -3.53. The van der Waals surface area contributed by atoms with Gasteiger partial charge in [0.25, 0.3) is 11.6 Å². The van der Waals surface area contributed by atoms with E-state index in [2.05, 4.69) is 15.5 Å². The molecular formula is C18H13N5O4S. The summed E-state index contributed by atoms with van der Waals surface area (Å²) >= 11 is 1.23. The summed E-state index contributed by atoms with van der Waals surface area (Å²) in [7, 11) is 0. The van der Waals surface area contributed by atoms with Crippen molar-refractivity contribution < 1.29 is 14.5 Å². The Kier molecular flexibility index (Phi) is 4.40. The van der Waals surface area contributed by atoms with Gasteiger partial charge in [-0.2, -0.15) is 0 Å². The first-order valence-corrected chi connectivity index (χ1v) is 9.15. The number of rotatable bonds is 3. The average Bonchev–Trinajstić information content (AvgIpc) is 3.15. The summed E-state index contributed by atoms with van der Waals surface area (Å²) in [5.74, 6) is -0.643. The molecule has 140 valence electrons. The average molecular weight is 395 g/mol. The van der Waals surface area contributed by atoms with E-state index in [0.29, 0.717) is 22.1 Å². The van der Waals surface area contributed by atoms with Gasteiger partial charge >= 0.3 is 0 Å². The Morgan fingerprint density at radius 3 is 2.61 bits per heavy atom. The molecule has 0 saturated carbocycles. The molecule has 0 bridgehead atoms. The van der Waals surface area contributed by atoms with Crippen molar-refractivity contribution in [1.29, 1.82) is 0 Å². The van der Waals surface area contributed by atoms with E-state index in [4.69, 9.17) is 0 Å². The van der Waals surface area contributed by atoms with Gasteiger partial charge in [0.15, 0.2) is 10.9 Å². The Morgan fingerprint density at radius 1 is 1.14 bits per heavy atom. The fourth-order valence-corrected chi connectivity index (χ4v) is 3.78. The summed E-state index contributed by atoms with van der Waals surface area (Å²) in [6.07, 6.45) is 0. The van der Waals surface area contributed by atoms with Crippen LogP contribution in [0.4, 0.5) is 17.1 Å². The standard InChI is InChI=1S/C18H13N5O4S/c1-10-17(25)22(11-5-3-2-4-6-11)18(28-10)21-20-15-13-9-12(23(26)27)7-8-14(13)19-16(15)24/h2-10H,1H3,(H,19,20,24)/b21-18+. The fraction of sp³-hybridized carbons (Fsp3) is 0.111. The summed E-state index contributed by atoms with van der Waals surface area (Å²) in [4.78, 5) is 36.7. The van der Waals surface area contributed by atoms with Crippen molar-refractivity contribution in [1.82, 2.24) is 0 Å². The molecule has 2 aliphatic rings. The molecule has 1 fully saturated rings. The van der Waals surface area contributed by atoms with Gasteiger partial charge in [-0.1, -0.05) is 30.0 Å². The zero-order valence-corrected chi connectivity index (χ0v) is 15.3. The smallest absolute Gasteiger partial charge is 0.276 e. The molecule has 10 heteroatoms. The van der Waals surface area contributed by atoms with Crippen molar-refractivity contribution >= 4 is 51.5 Å². The number of hydrogen-bond acceptors (Lipinski definition) is 7. The first kappa shape index (κ1) is 17.9. The highest BCUT2D eigenvalue weighted by atomic mass is 32.2. The topological polar surface area (TPSA) is 117 Å². The number of nitrogens with one attached hydrogen (secondary N) is 1.